The summed E-state index contributed by atoms with van der Waals surface area (Å²) in [6.45, 7) is 0.500. The van der Waals surface area contributed by atoms with E-state index in [-0.39, 0.29) is 24.5 Å². The van der Waals surface area contributed by atoms with Gasteiger partial charge in [0, 0.05) is 13.0 Å². The molecule has 6 heteroatoms. The maximum absolute atomic E-state index is 11.6. The van der Waals surface area contributed by atoms with E-state index in [1.165, 1.54) is 0 Å². The molecule has 2 amide bonds. The van der Waals surface area contributed by atoms with Crippen LogP contribution >= 0.6 is 0 Å². The number of amides is 2. The fourth-order valence-electron chi connectivity index (χ4n) is 1.99. The van der Waals surface area contributed by atoms with E-state index in [1.54, 1.807) is 6.07 Å². The number of nitrogens with zero attached hydrogens (tertiary/aromatic N) is 1. The number of hydrogen-bond donors (Lipinski definition) is 2. The summed E-state index contributed by atoms with van der Waals surface area (Å²) in [5, 5.41) is 13.9. The Bertz CT molecular complexity index is 551. The summed E-state index contributed by atoms with van der Waals surface area (Å²) in [7, 11) is 0. The summed E-state index contributed by atoms with van der Waals surface area (Å²) in [6, 6.07) is 8.87. The molecule has 0 radical (unpaired) electrons. The van der Waals surface area contributed by atoms with Gasteiger partial charge in [0.1, 0.15) is 11.8 Å². The van der Waals surface area contributed by atoms with Crippen molar-refractivity contribution in [2.75, 3.05) is 6.61 Å². The molecule has 1 heterocycles. The van der Waals surface area contributed by atoms with E-state index >= 15 is 0 Å². The molecule has 0 bridgehead atoms. The highest BCUT2D eigenvalue weighted by molar-refractivity contribution is 6.00. The van der Waals surface area contributed by atoms with Gasteiger partial charge in [-0.25, -0.2) is 0 Å². The van der Waals surface area contributed by atoms with Gasteiger partial charge in [-0.05, 0) is 24.1 Å². The molecule has 1 aromatic carbocycles. The Morgan fingerprint density at radius 2 is 2.30 bits per heavy atom. The molecular formula is C14H15N3O3. The smallest absolute Gasteiger partial charge is 0.243 e. The number of ether oxygens (including phenoxy) is 1. The largest absolute Gasteiger partial charge is 0.479 e. The Morgan fingerprint density at radius 3 is 3.05 bits per heavy atom. The van der Waals surface area contributed by atoms with Gasteiger partial charge in [0.15, 0.2) is 6.61 Å². The van der Waals surface area contributed by atoms with E-state index in [2.05, 4.69) is 10.6 Å². The van der Waals surface area contributed by atoms with Crippen LogP contribution in [0.3, 0.4) is 0 Å². The first-order valence-corrected chi connectivity index (χ1v) is 6.35. The molecule has 0 aromatic heterocycles. The summed E-state index contributed by atoms with van der Waals surface area (Å²) < 4.78 is 5.21. The zero-order valence-electron chi connectivity index (χ0n) is 10.9. The van der Waals surface area contributed by atoms with Gasteiger partial charge >= 0.3 is 0 Å². The molecule has 6 nitrogen and oxygen atoms in total. The van der Waals surface area contributed by atoms with Gasteiger partial charge in [-0.2, -0.15) is 5.26 Å². The van der Waals surface area contributed by atoms with Gasteiger partial charge in [-0.1, -0.05) is 12.1 Å². The topological polar surface area (TPSA) is 91.2 Å². The minimum absolute atomic E-state index is 0.00399. The third-order valence-electron chi connectivity index (χ3n) is 2.99. The van der Waals surface area contributed by atoms with Crippen molar-refractivity contribution in [1.82, 2.24) is 10.6 Å². The van der Waals surface area contributed by atoms with Gasteiger partial charge in [-0.15, -0.1) is 0 Å². The number of carbonyl (C=O) groups is 2. The van der Waals surface area contributed by atoms with Crippen LogP contribution in [-0.4, -0.2) is 24.5 Å². The molecule has 0 aliphatic carbocycles. The first kappa shape index (κ1) is 14.0. The van der Waals surface area contributed by atoms with Crippen molar-refractivity contribution in [3.8, 4) is 11.8 Å². The van der Waals surface area contributed by atoms with Gasteiger partial charge in [0.2, 0.25) is 11.8 Å². The second kappa shape index (κ2) is 6.68. The Kier molecular flexibility index (Phi) is 4.69. The zero-order chi connectivity index (χ0) is 14.4. The fraction of sp³-hybridized carbons (Fsp3) is 0.357. The van der Waals surface area contributed by atoms with Crippen molar-refractivity contribution in [3.05, 3.63) is 29.8 Å². The molecule has 1 aliphatic rings. The van der Waals surface area contributed by atoms with E-state index in [4.69, 9.17) is 10.00 Å². The first-order chi connectivity index (χ1) is 9.69. The number of nitriles is 1. The van der Waals surface area contributed by atoms with E-state index < -0.39 is 0 Å². The first-order valence-electron chi connectivity index (χ1n) is 6.35. The molecule has 1 fully saturated rings. The Hall–Kier alpha value is -2.39. The van der Waals surface area contributed by atoms with E-state index in [1.807, 2.05) is 24.3 Å². The van der Waals surface area contributed by atoms with Crippen molar-refractivity contribution >= 4 is 11.8 Å². The van der Waals surface area contributed by atoms with E-state index in [0.717, 1.165) is 5.56 Å². The van der Waals surface area contributed by atoms with Crippen molar-refractivity contribution in [1.29, 1.82) is 5.26 Å². The lowest BCUT2D eigenvalue weighted by Crippen LogP contribution is -2.50. The number of benzene rings is 1. The van der Waals surface area contributed by atoms with Crippen molar-refractivity contribution in [2.45, 2.75) is 25.4 Å². The number of imide groups is 1. The lowest BCUT2D eigenvalue weighted by Gasteiger charge is -2.21. The molecule has 104 valence electrons. The molecule has 1 aliphatic heterocycles. The van der Waals surface area contributed by atoms with E-state index in [0.29, 0.717) is 25.1 Å². The van der Waals surface area contributed by atoms with Crippen LogP contribution < -0.4 is 15.4 Å². The highest BCUT2D eigenvalue weighted by Crippen LogP contribution is 2.14. The maximum Gasteiger partial charge on any atom is 0.243 e. The quantitative estimate of drug-likeness (QED) is 0.762. The van der Waals surface area contributed by atoms with E-state index in [9.17, 15) is 9.59 Å². The monoisotopic (exact) mass is 273 g/mol. The van der Waals surface area contributed by atoms with Crippen LogP contribution in [-0.2, 0) is 16.1 Å². The summed E-state index contributed by atoms with van der Waals surface area (Å²) in [4.78, 5) is 22.6. The minimum atomic E-state index is -0.351. The maximum atomic E-state index is 11.6. The van der Waals surface area contributed by atoms with Crippen LogP contribution in [0.15, 0.2) is 24.3 Å². The van der Waals surface area contributed by atoms with Crippen LogP contribution in [0.25, 0.3) is 0 Å². The second-order valence-corrected chi connectivity index (χ2v) is 4.48. The predicted molar refractivity (Wildman–Crippen MR) is 70.6 cm³/mol. The molecule has 0 spiro atoms. The third kappa shape index (κ3) is 3.80. The van der Waals surface area contributed by atoms with Gasteiger partial charge in [0.25, 0.3) is 0 Å². The number of rotatable bonds is 5. The third-order valence-corrected chi connectivity index (χ3v) is 2.99. The summed E-state index contributed by atoms with van der Waals surface area (Å²) in [5.74, 6) is 0.118. The van der Waals surface area contributed by atoms with Crippen molar-refractivity contribution < 1.29 is 14.3 Å². The van der Waals surface area contributed by atoms with Gasteiger partial charge < -0.3 is 10.1 Å². The van der Waals surface area contributed by atoms with Gasteiger partial charge in [0.05, 0.1) is 6.04 Å². The molecule has 1 saturated heterocycles. The predicted octanol–water partition coefficient (Wildman–Crippen LogP) is 0.484. The number of nitrogens with one attached hydrogen (secondary N) is 2. The number of carbonyl (C=O) groups excluding carboxylic acids is 2. The normalized spacial score (nSPS) is 18.2. The molecule has 1 atom stereocenters. The van der Waals surface area contributed by atoms with Crippen molar-refractivity contribution in [2.24, 2.45) is 0 Å². The Balaban J connectivity index is 1.89. The molecule has 0 saturated carbocycles. The zero-order valence-corrected chi connectivity index (χ0v) is 10.9. The molecular weight excluding hydrogens is 258 g/mol. The molecule has 2 N–H and O–H groups in total. The fourth-order valence-corrected chi connectivity index (χ4v) is 1.99. The van der Waals surface area contributed by atoms with Crippen molar-refractivity contribution in [3.63, 3.8) is 0 Å². The van der Waals surface area contributed by atoms with Crippen LogP contribution in [0.1, 0.15) is 18.4 Å². The summed E-state index contributed by atoms with van der Waals surface area (Å²) >= 11 is 0. The average Bonchev–Trinajstić information content (AvgIpc) is 2.45. The highest BCUT2D eigenvalue weighted by Gasteiger charge is 2.25. The number of hydrogen-bond acceptors (Lipinski definition) is 5. The van der Waals surface area contributed by atoms with Crippen LogP contribution in [0.4, 0.5) is 0 Å². The lowest BCUT2D eigenvalue weighted by molar-refractivity contribution is -0.134. The average molecular weight is 273 g/mol. The lowest BCUT2D eigenvalue weighted by atomic mass is 10.1. The SMILES string of the molecule is N#CCOc1cccc(CNC2CCC(=O)NC2=O)c1. The Labute approximate surface area is 116 Å². The number of piperidine rings is 1. The van der Waals surface area contributed by atoms with Crippen LogP contribution in [0.5, 0.6) is 5.75 Å². The second-order valence-electron chi connectivity index (χ2n) is 4.48. The minimum Gasteiger partial charge on any atom is -0.479 e. The summed E-state index contributed by atoms with van der Waals surface area (Å²) in [5.41, 5.74) is 0.949. The molecule has 1 unspecified atom stereocenters. The molecule has 20 heavy (non-hydrogen) atoms. The van der Waals surface area contributed by atoms with Crippen LogP contribution in [0.2, 0.25) is 0 Å². The standard InChI is InChI=1S/C14H15N3O3/c15-6-7-20-11-3-1-2-10(8-11)9-16-12-4-5-13(18)17-14(12)19/h1-3,8,12,16H,4-5,7,9H2,(H,17,18,19). The summed E-state index contributed by atoms with van der Waals surface area (Å²) in [6.07, 6.45) is 0.865. The Morgan fingerprint density at radius 1 is 1.45 bits per heavy atom. The molecule has 1 aromatic rings. The highest BCUT2D eigenvalue weighted by atomic mass is 16.5. The van der Waals surface area contributed by atoms with Gasteiger partial charge in [-0.3, -0.25) is 14.9 Å². The van der Waals surface area contributed by atoms with Crippen LogP contribution in [0, 0.1) is 11.3 Å². The molecule has 2 rings (SSSR count).